The summed E-state index contributed by atoms with van der Waals surface area (Å²) in [7, 11) is 0. The zero-order chi connectivity index (χ0) is 22.4. The van der Waals surface area contributed by atoms with Crippen LogP contribution in [0.15, 0.2) is 119 Å². The monoisotopic (exact) mass is 481 g/mol. The molecule has 0 atom stereocenters. The molecule has 4 rings (SSSR count). The molecule has 0 amide bonds. The average Bonchev–Trinajstić information content (AvgIpc) is 2.83. The molecule has 5 heteroatoms. The predicted octanol–water partition coefficient (Wildman–Crippen LogP) is 6.02. The standard InChI is InChI=1S/2C14H13NO.Co/c2*16-14-9-5-4-8-13(14)11-15-10-12-6-2-1-3-7-12;/h2*1-9,11,16H,10H2;. The minimum absolute atomic E-state index is 0. The molecule has 2 N–H and O–H groups in total. The molecule has 0 aliphatic carbocycles. The maximum atomic E-state index is 9.52. The summed E-state index contributed by atoms with van der Waals surface area (Å²) >= 11 is 0. The van der Waals surface area contributed by atoms with Crippen LogP contribution in [0.25, 0.3) is 0 Å². The number of benzene rings is 4. The quantitative estimate of drug-likeness (QED) is 0.331. The van der Waals surface area contributed by atoms with Gasteiger partial charge in [-0.25, -0.2) is 0 Å². The summed E-state index contributed by atoms with van der Waals surface area (Å²) in [5, 5.41) is 19.0. The van der Waals surface area contributed by atoms with E-state index in [-0.39, 0.29) is 28.3 Å². The molecule has 0 bridgehead atoms. The van der Waals surface area contributed by atoms with Crippen molar-refractivity contribution >= 4 is 12.4 Å². The summed E-state index contributed by atoms with van der Waals surface area (Å²) in [5.41, 5.74) is 3.82. The van der Waals surface area contributed by atoms with Crippen LogP contribution in [-0.2, 0) is 29.9 Å². The topological polar surface area (TPSA) is 65.2 Å². The smallest absolute Gasteiger partial charge is 0.124 e. The zero-order valence-electron chi connectivity index (χ0n) is 18.1. The Morgan fingerprint density at radius 1 is 0.485 bits per heavy atom. The van der Waals surface area contributed by atoms with Crippen LogP contribution < -0.4 is 0 Å². The Morgan fingerprint density at radius 2 is 0.818 bits per heavy atom. The molecule has 0 saturated carbocycles. The Hall–Kier alpha value is -3.67. The number of hydrogen-bond acceptors (Lipinski definition) is 4. The van der Waals surface area contributed by atoms with Crippen molar-refractivity contribution in [1.29, 1.82) is 0 Å². The van der Waals surface area contributed by atoms with Gasteiger partial charge >= 0.3 is 0 Å². The minimum Gasteiger partial charge on any atom is -0.507 e. The van der Waals surface area contributed by atoms with Gasteiger partial charge in [-0.1, -0.05) is 84.9 Å². The summed E-state index contributed by atoms with van der Waals surface area (Å²) in [4.78, 5) is 8.58. The second-order valence-electron chi connectivity index (χ2n) is 7.03. The number of phenolic OH excluding ortho intramolecular Hbond substituents is 2. The van der Waals surface area contributed by atoms with Gasteiger partial charge in [0, 0.05) is 40.3 Å². The fourth-order valence-corrected chi connectivity index (χ4v) is 2.86. The van der Waals surface area contributed by atoms with Crippen LogP contribution in [0.3, 0.4) is 0 Å². The van der Waals surface area contributed by atoms with Crippen molar-refractivity contribution < 1.29 is 27.0 Å². The molecule has 4 aromatic carbocycles. The largest absolute Gasteiger partial charge is 0.507 e. The Morgan fingerprint density at radius 3 is 1.18 bits per heavy atom. The molecule has 4 aromatic rings. The van der Waals surface area contributed by atoms with Crippen LogP contribution in [0.5, 0.6) is 11.5 Å². The second-order valence-corrected chi connectivity index (χ2v) is 7.03. The first-order valence-corrected chi connectivity index (χ1v) is 10.4. The Balaban J connectivity index is 0.000000227. The van der Waals surface area contributed by atoms with Crippen molar-refractivity contribution in [3.05, 3.63) is 131 Å². The van der Waals surface area contributed by atoms with Gasteiger partial charge in [0.25, 0.3) is 0 Å². The van der Waals surface area contributed by atoms with E-state index in [1.807, 2.05) is 84.9 Å². The van der Waals surface area contributed by atoms with Crippen molar-refractivity contribution in [1.82, 2.24) is 0 Å². The van der Waals surface area contributed by atoms with E-state index < -0.39 is 0 Å². The van der Waals surface area contributed by atoms with E-state index in [1.54, 1.807) is 36.7 Å². The first-order valence-electron chi connectivity index (χ1n) is 10.4. The SMILES string of the molecule is Oc1ccccc1C=NCc1ccccc1.Oc1ccccc1C=NCc1ccccc1.[Co]. The number of phenols is 2. The average molecular weight is 481 g/mol. The molecule has 169 valence electrons. The number of nitrogens with zero attached hydrogens (tertiary/aromatic N) is 2. The maximum absolute atomic E-state index is 9.52. The van der Waals surface area contributed by atoms with E-state index in [2.05, 4.69) is 9.98 Å². The molecule has 1 radical (unpaired) electrons. The maximum Gasteiger partial charge on any atom is 0.124 e. The fraction of sp³-hybridized carbons (Fsp3) is 0.0714. The number of para-hydroxylation sites is 2. The van der Waals surface area contributed by atoms with Gasteiger partial charge in [-0.3, -0.25) is 9.98 Å². The van der Waals surface area contributed by atoms with E-state index >= 15 is 0 Å². The molecule has 33 heavy (non-hydrogen) atoms. The molecule has 0 fully saturated rings. The molecule has 0 unspecified atom stereocenters. The molecular formula is C28H26CoN2O2. The van der Waals surface area contributed by atoms with E-state index in [9.17, 15) is 10.2 Å². The van der Waals surface area contributed by atoms with Crippen molar-refractivity contribution in [2.75, 3.05) is 0 Å². The van der Waals surface area contributed by atoms with Gasteiger partial charge in [0.05, 0.1) is 13.1 Å². The first-order chi connectivity index (χ1) is 15.7. The van der Waals surface area contributed by atoms with Gasteiger partial charge in [0.15, 0.2) is 0 Å². The van der Waals surface area contributed by atoms with Crippen LogP contribution >= 0.6 is 0 Å². The Kier molecular flexibility index (Phi) is 11.2. The fourth-order valence-electron chi connectivity index (χ4n) is 2.86. The summed E-state index contributed by atoms with van der Waals surface area (Å²) in [6.07, 6.45) is 3.39. The van der Waals surface area contributed by atoms with E-state index in [4.69, 9.17) is 0 Å². The van der Waals surface area contributed by atoms with Crippen molar-refractivity contribution in [3.8, 4) is 11.5 Å². The normalized spacial score (nSPS) is 10.4. The predicted molar refractivity (Wildman–Crippen MR) is 132 cm³/mol. The summed E-state index contributed by atoms with van der Waals surface area (Å²) in [6.45, 7) is 1.27. The summed E-state index contributed by atoms with van der Waals surface area (Å²) in [5.74, 6) is 0.527. The molecule has 0 saturated heterocycles. The first kappa shape index (κ1) is 25.6. The van der Waals surface area contributed by atoms with Crippen LogP contribution in [0.1, 0.15) is 22.3 Å². The van der Waals surface area contributed by atoms with Crippen LogP contribution in [-0.4, -0.2) is 22.6 Å². The second kappa shape index (κ2) is 14.4. The third-order valence-electron chi connectivity index (χ3n) is 4.57. The van der Waals surface area contributed by atoms with Gasteiger partial charge in [-0.2, -0.15) is 0 Å². The van der Waals surface area contributed by atoms with Crippen LogP contribution in [0.2, 0.25) is 0 Å². The molecule has 0 aliphatic heterocycles. The summed E-state index contributed by atoms with van der Waals surface area (Å²) in [6, 6.07) is 34.4. The third kappa shape index (κ3) is 9.15. The van der Waals surface area contributed by atoms with Crippen molar-refractivity contribution in [3.63, 3.8) is 0 Å². The summed E-state index contributed by atoms with van der Waals surface area (Å²) < 4.78 is 0. The zero-order valence-corrected chi connectivity index (χ0v) is 19.1. The molecular weight excluding hydrogens is 455 g/mol. The third-order valence-corrected chi connectivity index (χ3v) is 4.57. The van der Waals surface area contributed by atoms with Gasteiger partial charge < -0.3 is 10.2 Å². The van der Waals surface area contributed by atoms with Crippen molar-refractivity contribution in [2.24, 2.45) is 9.98 Å². The van der Waals surface area contributed by atoms with Gasteiger partial charge in [0.2, 0.25) is 0 Å². The number of aliphatic imine (C=N–C) groups is 2. The van der Waals surface area contributed by atoms with Gasteiger partial charge in [-0.15, -0.1) is 0 Å². The van der Waals surface area contributed by atoms with Gasteiger partial charge in [-0.05, 0) is 35.4 Å². The molecule has 0 spiro atoms. The van der Waals surface area contributed by atoms with Crippen LogP contribution in [0, 0.1) is 0 Å². The van der Waals surface area contributed by atoms with Crippen LogP contribution in [0.4, 0.5) is 0 Å². The molecule has 4 nitrogen and oxygen atoms in total. The van der Waals surface area contributed by atoms with Gasteiger partial charge in [0.1, 0.15) is 11.5 Å². The van der Waals surface area contributed by atoms with Crippen molar-refractivity contribution in [2.45, 2.75) is 13.1 Å². The molecule has 0 aliphatic rings. The number of rotatable bonds is 6. The Bertz CT molecular complexity index is 1050. The number of hydrogen-bond donors (Lipinski definition) is 2. The Labute approximate surface area is 205 Å². The van der Waals surface area contributed by atoms with E-state index in [0.29, 0.717) is 13.1 Å². The molecule has 0 heterocycles. The number of aromatic hydroxyl groups is 2. The minimum atomic E-state index is 0. The van der Waals surface area contributed by atoms with E-state index in [0.717, 1.165) is 22.3 Å². The van der Waals surface area contributed by atoms with E-state index in [1.165, 1.54) is 0 Å². The molecule has 0 aromatic heterocycles.